The summed E-state index contributed by atoms with van der Waals surface area (Å²) in [5.41, 5.74) is 1.20. The van der Waals surface area contributed by atoms with Crippen LogP contribution in [0.15, 0.2) is 0 Å². The number of carbonyl (C=O) groups is 1. The number of hydrogen-bond acceptors (Lipinski definition) is 3. The van der Waals surface area contributed by atoms with E-state index in [1.165, 1.54) is 148 Å². The molecule has 0 unspecified atom stereocenters. The smallest absolute Gasteiger partial charge is 0.306 e. The Hall–Kier alpha value is -0.570. The molecule has 10 atom stereocenters. The molecule has 0 aromatic heterocycles. The van der Waals surface area contributed by atoms with Gasteiger partial charge in [-0.25, -0.2) is 0 Å². The molecule has 5 aliphatic rings. The molecule has 3 nitrogen and oxygen atoms in total. The number of aliphatic hydroxyl groups is 1. The van der Waals surface area contributed by atoms with Gasteiger partial charge in [0, 0.05) is 18.4 Å². The van der Waals surface area contributed by atoms with Crippen molar-refractivity contribution in [1.29, 1.82) is 0 Å². The van der Waals surface area contributed by atoms with Crippen LogP contribution in [-0.4, -0.2) is 23.8 Å². The number of fused-ring (bicyclic) bond motifs is 7. The number of unbranched alkanes of at least 4 members (excludes halogenated alkanes) is 14. The molecule has 0 heterocycles. The van der Waals surface area contributed by atoms with Crippen molar-refractivity contribution in [3.05, 3.63) is 0 Å². The van der Waals surface area contributed by atoms with Gasteiger partial charge in [0.2, 0.25) is 0 Å². The van der Waals surface area contributed by atoms with E-state index >= 15 is 0 Å². The molecule has 0 aromatic carbocycles. The summed E-state index contributed by atoms with van der Waals surface area (Å²) in [4.78, 5) is 13.2. The van der Waals surface area contributed by atoms with Gasteiger partial charge in [-0.2, -0.15) is 0 Å². The Balaban J connectivity index is 1.07. The predicted octanol–water partition coefficient (Wildman–Crippen LogP) is 13.9. The highest BCUT2D eigenvalue weighted by molar-refractivity contribution is 5.69. The lowest BCUT2D eigenvalue weighted by atomic mass is 9.32. The average Bonchev–Trinajstić information content (AvgIpc) is 3.49. The molecule has 0 radical (unpaired) electrons. The quantitative estimate of drug-likeness (QED) is 0.107. The number of esters is 1. The molecule has 0 saturated heterocycles. The summed E-state index contributed by atoms with van der Waals surface area (Å²) in [7, 11) is 0. The number of carbonyl (C=O) groups excluding carboxylic acids is 1. The highest BCUT2D eigenvalue weighted by atomic mass is 16.5. The van der Waals surface area contributed by atoms with Gasteiger partial charge in [-0.05, 0) is 128 Å². The molecule has 0 aromatic rings. The van der Waals surface area contributed by atoms with Crippen molar-refractivity contribution in [3.63, 3.8) is 0 Å². The summed E-state index contributed by atoms with van der Waals surface area (Å²) in [5.74, 6) is 4.33. The largest absolute Gasteiger partial charge is 0.462 e. The van der Waals surface area contributed by atoms with E-state index in [1.807, 2.05) is 0 Å². The molecule has 296 valence electrons. The minimum Gasteiger partial charge on any atom is -0.462 e. The van der Waals surface area contributed by atoms with E-state index in [0.717, 1.165) is 30.6 Å². The molecule has 5 saturated carbocycles. The maximum atomic E-state index is 13.2. The fourth-order valence-corrected chi connectivity index (χ4v) is 14.9. The summed E-state index contributed by atoms with van der Waals surface area (Å²) >= 11 is 0. The van der Waals surface area contributed by atoms with Crippen LogP contribution in [0.4, 0.5) is 0 Å². The number of aliphatic hydroxyl groups excluding tert-OH is 1. The van der Waals surface area contributed by atoms with E-state index in [0.29, 0.717) is 47.0 Å². The summed E-state index contributed by atoms with van der Waals surface area (Å²) < 4.78 is 6.43. The zero-order valence-corrected chi connectivity index (χ0v) is 35.4. The van der Waals surface area contributed by atoms with Crippen molar-refractivity contribution >= 4 is 5.97 Å². The van der Waals surface area contributed by atoms with Gasteiger partial charge in [0.25, 0.3) is 0 Å². The zero-order chi connectivity index (χ0) is 36.9. The lowest BCUT2D eigenvalue weighted by molar-refractivity contribution is -0.253. The van der Waals surface area contributed by atoms with Gasteiger partial charge in [0.1, 0.15) is 6.10 Å². The van der Waals surface area contributed by atoms with Crippen molar-refractivity contribution in [2.75, 3.05) is 6.61 Å². The molecule has 1 N–H and O–H groups in total. The Morgan fingerprint density at radius 2 is 1.24 bits per heavy atom. The highest BCUT2D eigenvalue weighted by Gasteiger charge is 2.71. The summed E-state index contributed by atoms with van der Waals surface area (Å²) in [5, 5.41) is 10.9. The molecule has 5 aliphatic carbocycles. The molecule has 0 amide bonds. The summed E-state index contributed by atoms with van der Waals surface area (Å²) in [6.07, 6.45) is 33.5. The normalized spacial score (nSPS) is 40.0. The maximum absolute atomic E-state index is 13.2. The van der Waals surface area contributed by atoms with Crippen molar-refractivity contribution < 1.29 is 14.6 Å². The minimum absolute atomic E-state index is 0.0175. The minimum atomic E-state index is 0.0175. The monoisotopic (exact) mass is 711 g/mol. The van der Waals surface area contributed by atoms with Crippen LogP contribution in [0.5, 0.6) is 0 Å². The second-order valence-corrected chi connectivity index (χ2v) is 21.2. The Morgan fingerprint density at radius 3 is 1.80 bits per heavy atom. The highest BCUT2D eigenvalue weighted by Crippen LogP contribution is 2.77. The second kappa shape index (κ2) is 17.5. The fraction of sp³-hybridized carbons (Fsp3) is 0.979. The van der Waals surface area contributed by atoms with Crippen LogP contribution in [0.2, 0.25) is 0 Å². The van der Waals surface area contributed by atoms with Crippen molar-refractivity contribution in [3.8, 4) is 0 Å². The van der Waals surface area contributed by atoms with Crippen LogP contribution in [-0.2, 0) is 9.53 Å². The van der Waals surface area contributed by atoms with Gasteiger partial charge < -0.3 is 9.84 Å². The van der Waals surface area contributed by atoms with Gasteiger partial charge in [0.15, 0.2) is 0 Å². The second-order valence-electron chi connectivity index (χ2n) is 21.2. The molecule has 5 rings (SSSR count). The van der Waals surface area contributed by atoms with Crippen molar-refractivity contribution in [2.45, 2.75) is 228 Å². The van der Waals surface area contributed by atoms with Crippen LogP contribution >= 0.6 is 0 Å². The number of ether oxygens (including phenoxy) is 1. The van der Waals surface area contributed by atoms with E-state index in [9.17, 15) is 9.90 Å². The molecule has 0 aliphatic heterocycles. The van der Waals surface area contributed by atoms with Gasteiger partial charge >= 0.3 is 5.97 Å². The zero-order valence-electron chi connectivity index (χ0n) is 35.4. The first-order chi connectivity index (χ1) is 24.3. The van der Waals surface area contributed by atoms with Crippen molar-refractivity contribution in [1.82, 2.24) is 0 Å². The Bertz CT molecular complexity index is 1100. The first-order valence-corrected chi connectivity index (χ1v) is 23.1. The molecule has 3 heteroatoms. The van der Waals surface area contributed by atoms with E-state index in [2.05, 4.69) is 55.4 Å². The van der Waals surface area contributed by atoms with E-state index in [1.54, 1.807) is 0 Å². The van der Waals surface area contributed by atoms with Gasteiger partial charge in [-0.1, -0.05) is 145 Å². The lowest BCUT2D eigenvalue weighted by Gasteiger charge is -2.73. The SMILES string of the molecule is CCCCCCCCCCCCCCCCCC(=O)O[C@H]1CC[C@]2(C)[C@H]3CC[C@@H]4[C@H]5[C@H](C(C)C)CC[C@]5(CO)CC[C@@]4(C)[C@]3(C)CC[C@H]2C1(C)C. The third-order valence-corrected chi connectivity index (χ3v) is 18.0. The lowest BCUT2D eigenvalue weighted by Crippen LogP contribution is -2.67. The molecule has 5 fully saturated rings. The molecule has 0 spiro atoms. The maximum Gasteiger partial charge on any atom is 0.306 e. The third-order valence-electron chi connectivity index (χ3n) is 18.0. The number of rotatable bonds is 19. The van der Waals surface area contributed by atoms with Gasteiger partial charge in [0.05, 0.1) is 0 Å². The first kappa shape index (κ1) is 41.6. The van der Waals surface area contributed by atoms with Crippen LogP contribution < -0.4 is 0 Å². The van der Waals surface area contributed by atoms with E-state index in [-0.39, 0.29) is 22.9 Å². The molecular formula is C48H86O3. The van der Waals surface area contributed by atoms with Crippen LogP contribution in [0, 0.1) is 62.6 Å². The topological polar surface area (TPSA) is 46.5 Å². The van der Waals surface area contributed by atoms with Crippen LogP contribution in [0.25, 0.3) is 0 Å². The molecular weight excluding hydrogens is 625 g/mol. The average molecular weight is 711 g/mol. The number of hydrogen-bond donors (Lipinski definition) is 1. The van der Waals surface area contributed by atoms with Crippen LogP contribution in [0.1, 0.15) is 222 Å². The van der Waals surface area contributed by atoms with E-state index < -0.39 is 0 Å². The Morgan fingerprint density at radius 1 is 0.647 bits per heavy atom. The third kappa shape index (κ3) is 8.20. The molecule has 51 heavy (non-hydrogen) atoms. The predicted molar refractivity (Wildman–Crippen MR) is 216 cm³/mol. The standard InChI is InChI=1S/C48H86O3/c1-9-10-11-12-13-14-15-16-17-18-19-20-21-22-23-24-42(50)51-41-29-30-45(6)39(44(41,4)5)28-31-47(8)40(45)26-25-38-43-37(36(2)3)27-32-48(43,35-49)34-33-46(38,47)7/h36-41,43,49H,9-35H2,1-8H3/t37-,38+,39-,40+,41-,43+,45-,46+,47+,48+/m0/s1. The van der Waals surface area contributed by atoms with Gasteiger partial charge in [-0.15, -0.1) is 0 Å². The first-order valence-electron chi connectivity index (χ1n) is 23.1. The van der Waals surface area contributed by atoms with Crippen LogP contribution in [0.3, 0.4) is 0 Å². The van der Waals surface area contributed by atoms with Crippen molar-refractivity contribution in [2.24, 2.45) is 62.6 Å². The Labute approximate surface area is 317 Å². The Kier molecular flexibility index (Phi) is 14.3. The summed E-state index contributed by atoms with van der Waals surface area (Å²) in [6, 6.07) is 0. The van der Waals surface area contributed by atoms with E-state index in [4.69, 9.17) is 4.74 Å². The fourth-order valence-electron chi connectivity index (χ4n) is 14.9. The van der Waals surface area contributed by atoms with Gasteiger partial charge in [-0.3, -0.25) is 4.79 Å². The summed E-state index contributed by atoms with van der Waals surface area (Å²) in [6.45, 7) is 20.6. The molecule has 0 bridgehead atoms.